The summed E-state index contributed by atoms with van der Waals surface area (Å²) in [5.74, 6) is 5.77. The molecule has 2 N–H and O–H groups in total. The molecule has 10 unspecified atom stereocenters. The zero-order chi connectivity index (χ0) is 22.6. The van der Waals surface area contributed by atoms with Gasteiger partial charge in [-0.2, -0.15) is 0 Å². The molecule has 2 heteroatoms. The second-order valence-electron chi connectivity index (χ2n) is 12.9. The van der Waals surface area contributed by atoms with Gasteiger partial charge in [0.15, 0.2) is 0 Å². The summed E-state index contributed by atoms with van der Waals surface area (Å²) in [6.07, 6.45) is 13.8. The number of allylic oxidation sites excluding steroid dienone is 1. The van der Waals surface area contributed by atoms with E-state index >= 15 is 0 Å². The molecule has 3 fully saturated rings. The summed E-state index contributed by atoms with van der Waals surface area (Å²) in [6.45, 7) is 14.8. The van der Waals surface area contributed by atoms with Crippen molar-refractivity contribution in [3.8, 4) is 0 Å². The van der Waals surface area contributed by atoms with E-state index in [0.717, 1.165) is 54.8 Å². The molecule has 0 bridgehead atoms. The minimum Gasteiger partial charge on any atom is -0.390 e. The van der Waals surface area contributed by atoms with Crippen LogP contribution in [0.2, 0.25) is 0 Å². The van der Waals surface area contributed by atoms with Crippen molar-refractivity contribution >= 4 is 0 Å². The van der Waals surface area contributed by atoms with Crippen molar-refractivity contribution in [2.75, 3.05) is 0 Å². The maximum Gasteiger partial charge on any atom is 0.101 e. The van der Waals surface area contributed by atoms with E-state index < -0.39 is 12.2 Å². The molecule has 0 aliphatic heterocycles. The Morgan fingerprint density at radius 2 is 1.71 bits per heavy atom. The number of hydrogen-bond acceptors (Lipinski definition) is 2. The molecule has 0 spiro atoms. The zero-order valence-corrected chi connectivity index (χ0v) is 21.2. The third kappa shape index (κ3) is 3.86. The van der Waals surface area contributed by atoms with Crippen LogP contribution in [0.25, 0.3) is 0 Å². The van der Waals surface area contributed by atoms with Crippen LogP contribution in [0.4, 0.5) is 0 Å². The van der Waals surface area contributed by atoms with Crippen LogP contribution in [-0.2, 0) is 0 Å². The Hall–Kier alpha value is -0.340. The van der Waals surface area contributed by atoms with E-state index in [9.17, 15) is 10.2 Å². The Balaban J connectivity index is 1.49. The molecule has 4 rings (SSSR count). The number of rotatable bonds is 6. The van der Waals surface area contributed by atoms with E-state index in [0.29, 0.717) is 11.3 Å². The fourth-order valence-corrected chi connectivity index (χ4v) is 9.38. The van der Waals surface area contributed by atoms with Crippen LogP contribution < -0.4 is 0 Å². The van der Waals surface area contributed by atoms with Crippen molar-refractivity contribution in [2.45, 2.75) is 118 Å². The summed E-state index contributed by atoms with van der Waals surface area (Å²) in [6, 6.07) is 0. The Morgan fingerprint density at radius 3 is 2.39 bits per heavy atom. The lowest BCUT2D eigenvalue weighted by Gasteiger charge is -2.59. The molecule has 0 heterocycles. The van der Waals surface area contributed by atoms with Gasteiger partial charge in [0.1, 0.15) is 6.10 Å². The second-order valence-corrected chi connectivity index (χ2v) is 12.9. The lowest BCUT2D eigenvalue weighted by molar-refractivity contribution is -0.0802. The standard InChI is InChI=1S/C29H50O2/c1-7-20(18(2)3)9-8-19(4)22-12-13-23-21-10-11-25-27(31)26(30)15-17-29(25,6)24(21)14-16-28(22,23)5/h11,18-24,26-27,30-31H,7-10,12-17H2,1-6H3. The summed E-state index contributed by atoms with van der Waals surface area (Å²) >= 11 is 0. The average molecular weight is 431 g/mol. The van der Waals surface area contributed by atoms with E-state index in [1.165, 1.54) is 50.5 Å². The Labute approximate surface area is 192 Å². The zero-order valence-electron chi connectivity index (χ0n) is 21.2. The number of aliphatic hydroxyl groups excluding tert-OH is 2. The molecule has 2 nitrogen and oxygen atoms in total. The first kappa shape index (κ1) is 23.8. The predicted molar refractivity (Wildman–Crippen MR) is 130 cm³/mol. The first-order valence-corrected chi connectivity index (χ1v) is 13.7. The van der Waals surface area contributed by atoms with Crippen molar-refractivity contribution in [3.63, 3.8) is 0 Å². The van der Waals surface area contributed by atoms with E-state index in [4.69, 9.17) is 0 Å². The van der Waals surface area contributed by atoms with Crippen LogP contribution in [0.15, 0.2) is 11.6 Å². The first-order chi connectivity index (χ1) is 14.6. The van der Waals surface area contributed by atoms with Crippen LogP contribution in [0.3, 0.4) is 0 Å². The predicted octanol–water partition coefficient (Wildman–Crippen LogP) is 7.00. The molecule has 4 aliphatic rings. The van der Waals surface area contributed by atoms with Crippen molar-refractivity contribution in [3.05, 3.63) is 11.6 Å². The van der Waals surface area contributed by atoms with Gasteiger partial charge in [-0.25, -0.2) is 0 Å². The summed E-state index contributed by atoms with van der Waals surface area (Å²) in [5, 5.41) is 21.0. The summed E-state index contributed by atoms with van der Waals surface area (Å²) in [4.78, 5) is 0. The van der Waals surface area contributed by atoms with E-state index in [2.05, 4.69) is 47.6 Å². The van der Waals surface area contributed by atoms with Gasteiger partial charge in [-0.1, -0.05) is 60.5 Å². The largest absolute Gasteiger partial charge is 0.390 e. The van der Waals surface area contributed by atoms with Gasteiger partial charge >= 0.3 is 0 Å². The van der Waals surface area contributed by atoms with Gasteiger partial charge < -0.3 is 10.2 Å². The lowest BCUT2D eigenvalue weighted by Crippen LogP contribution is -2.53. The third-order valence-corrected chi connectivity index (χ3v) is 11.4. The molecule has 4 aliphatic carbocycles. The monoisotopic (exact) mass is 430 g/mol. The third-order valence-electron chi connectivity index (χ3n) is 11.4. The highest BCUT2D eigenvalue weighted by atomic mass is 16.3. The minimum absolute atomic E-state index is 0.109. The number of fused-ring (bicyclic) bond motifs is 5. The van der Waals surface area contributed by atoms with Crippen molar-refractivity contribution < 1.29 is 10.2 Å². The van der Waals surface area contributed by atoms with Crippen LogP contribution in [0.5, 0.6) is 0 Å². The SMILES string of the molecule is CCC(CCC(C)C1CCC2C3CC=C4C(O)C(O)CCC4(C)C3CCC12C)C(C)C. The van der Waals surface area contributed by atoms with Gasteiger partial charge in [-0.3, -0.25) is 0 Å². The summed E-state index contributed by atoms with van der Waals surface area (Å²) < 4.78 is 0. The first-order valence-electron chi connectivity index (χ1n) is 13.7. The van der Waals surface area contributed by atoms with Gasteiger partial charge in [0.2, 0.25) is 0 Å². The van der Waals surface area contributed by atoms with Crippen molar-refractivity contribution in [1.29, 1.82) is 0 Å². The molecule has 31 heavy (non-hydrogen) atoms. The van der Waals surface area contributed by atoms with Crippen LogP contribution in [0, 0.1) is 52.3 Å². The number of aliphatic hydroxyl groups is 2. The molecule has 0 radical (unpaired) electrons. The molecule has 10 atom stereocenters. The minimum atomic E-state index is -0.628. The van der Waals surface area contributed by atoms with Gasteiger partial charge in [0.05, 0.1) is 6.10 Å². The fourth-order valence-electron chi connectivity index (χ4n) is 9.38. The molecular weight excluding hydrogens is 380 g/mol. The Kier molecular flexibility index (Phi) is 6.75. The fraction of sp³-hybridized carbons (Fsp3) is 0.931. The lowest BCUT2D eigenvalue weighted by atomic mass is 9.46. The molecule has 178 valence electrons. The number of hydrogen-bond donors (Lipinski definition) is 2. The van der Waals surface area contributed by atoms with Crippen molar-refractivity contribution in [2.24, 2.45) is 52.3 Å². The van der Waals surface area contributed by atoms with Gasteiger partial charge in [0.25, 0.3) is 0 Å². The highest BCUT2D eigenvalue weighted by Gasteiger charge is 2.60. The Morgan fingerprint density at radius 1 is 0.968 bits per heavy atom. The topological polar surface area (TPSA) is 40.5 Å². The van der Waals surface area contributed by atoms with E-state index in [1.54, 1.807) is 0 Å². The van der Waals surface area contributed by atoms with Gasteiger partial charge in [-0.15, -0.1) is 0 Å². The maximum atomic E-state index is 10.7. The quantitative estimate of drug-likeness (QED) is 0.446. The molecule has 0 aromatic carbocycles. The second kappa shape index (κ2) is 8.79. The molecular formula is C29H50O2. The average Bonchev–Trinajstić information content (AvgIpc) is 3.08. The van der Waals surface area contributed by atoms with Gasteiger partial charge in [0, 0.05) is 0 Å². The molecule has 0 saturated heterocycles. The molecule has 3 saturated carbocycles. The van der Waals surface area contributed by atoms with Gasteiger partial charge in [-0.05, 0) is 109 Å². The molecule has 0 amide bonds. The normalized spacial score (nSPS) is 46.7. The van der Waals surface area contributed by atoms with Crippen LogP contribution in [-0.4, -0.2) is 22.4 Å². The van der Waals surface area contributed by atoms with Crippen molar-refractivity contribution in [1.82, 2.24) is 0 Å². The highest BCUT2D eigenvalue weighted by Crippen LogP contribution is 2.67. The van der Waals surface area contributed by atoms with E-state index in [-0.39, 0.29) is 5.41 Å². The van der Waals surface area contributed by atoms with Crippen LogP contribution in [0.1, 0.15) is 106 Å². The summed E-state index contributed by atoms with van der Waals surface area (Å²) in [7, 11) is 0. The van der Waals surface area contributed by atoms with E-state index in [1.807, 2.05) is 0 Å². The molecule has 0 aromatic heterocycles. The Bertz CT molecular complexity index is 668. The van der Waals surface area contributed by atoms with Crippen LogP contribution >= 0.6 is 0 Å². The molecule has 0 aromatic rings. The highest BCUT2D eigenvalue weighted by molar-refractivity contribution is 5.29. The maximum absolute atomic E-state index is 10.7. The summed E-state index contributed by atoms with van der Waals surface area (Å²) in [5.41, 5.74) is 1.80. The smallest absolute Gasteiger partial charge is 0.101 e.